The first-order valence-corrected chi connectivity index (χ1v) is 13.9. The summed E-state index contributed by atoms with van der Waals surface area (Å²) in [7, 11) is 4.86. The summed E-state index contributed by atoms with van der Waals surface area (Å²) < 4.78 is 0. The van der Waals surface area contributed by atoms with Gasteiger partial charge in [-0.2, -0.15) is 0 Å². The lowest BCUT2D eigenvalue weighted by molar-refractivity contribution is -0.146. The monoisotopic (exact) mass is 540 g/mol. The Kier molecular flexibility index (Phi) is 9.38. The fourth-order valence-electron chi connectivity index (χ4n) is 5.28. The molecule has 2 atom stereocenters. The summed E-state index contributed by atoms with van der Waals surface area (Å²) in [5, 5.41) is 4.87. The standard InChI is InChI=1S/C33H40N4O3/c1-35-31(39)28(22-24-11-5-4-6-12-24)37(3)32(40)29(23-25-16-17-26-13-7-8-14-27(26)21-25)36(2)30(38)15-9-18-33(34)19-10-20-33/h4-9,11-17,21,28-29H,10,18-20,22-23,34H2,1-3H3,(H,35,39)/b15-9+. The molecular weight excluding hydrogens is 500 g/mol. The first-order valence-electron chi connectivity index (χ1n) is 13.9. The van der Waals surface area contributed by atoms with Crippen molar-refractivity contribution in [2.24, 2.45) is 5.73 Å². The Bertz CT molecular complexity index is 1370. The molecule has 0 radical (unpaired) electrons. The van der Waals surface area contributed by atoms with Crippen molar-refractivity contribution in [3.63, 3.8) is 0 Å². The highest BCUT2D eigenvalue weighted by Gasteiger charge is 2.35. The van der Waals surface area contributed by atoms with Crippen LogP contribution in [0.5, 0.6) is 0 Å². The Morgan fingerprint density at radius 2 is 1.52 bits per heavy atom. The molecule has 3 N–H and O–H groups in total. The van der Waals surface area contributed by atoms with Crippen LogP contribution < -0.4 is 11.1 Å². The predicted octanol–water partition coefficient (Wildman–Crippen LogP) is 3.85. The molecule has 1 aliphatic carbocycles. The zero-order chi connectivity index (χ0) is 28.7. The van der Waals surface area contributed by atoms with Crippen LogP contribution in [0.1, 0.15) is 36.8 Å². The van der Waals surface area contributed by atoms with Gasteiger partial charge in [-0.1, -0.05) is 78.9 Å². The van der Waals surface area contributed by atoms with Gasteiger partial charge in [-0.25, -0.2) is 0 Å². The molecule has 4 rings (SSSR count). The third-order valence-electron chi connectivity index (χ3n) is 8.11. The maximum atomic E-state index is 14.1. The Balaban J connectivity index is 1.60. The van der Waals surface area contributed by atoms with Crippen LogP contribution in [0.25, 0.3) is 10.8 Å². The summed E-state index contributed by atoms with van der Waals surface area (Å²) >= 11 is 0. The van der Waals surface area contributed by atoms with E-state index in [9.17, 15) is 14.4 Å². The summed E-state index contributed by atoms with van der Waals surface area (Å²) in [4.78, 5) is 43.3. The fraction of sp³-hybridized carbons (Fsp3) is 0.364. The summed E-state index contributed by atoms with van der Waals surface area (Å²) in [6.07, 6.45) is 7.68. The molecule has 3 aromatic carbocycles. The molecule has 7 heteroatoms. The van der Waals surface area contributed by atoms with Gasteiger partial charge in [0.2, 0.25) is 17.7 Å². The molecule has 0 saturated heterocycles. The van der Waals surface area contributed by atoms with Gasteiger partial charge in [0.05, 0.1) is 0 Å². The van der Waals surface area contributed by atoms with E-state index >= 15 is 0 Å². The van der Waals surface area contributed by atoms with Gasteiger partial charge in [0, 0.05) is 39.5 Å². The van der Waals surface area contributed by atoms with E-state index in [1.807, 2.05) is 72.8 Å². The zero-order valence-corrected chi connectivity index (χ0v) is 23.7. The second kappa shape index (κ2) is 12.9. The predicted molar refractivity (Wildman–Crippen MR) is 160 cm³/mol. The van der Waals surface area contributed by atoms with Crippen LogP contribution in [0.4, 0.5) is 0 Å². The number of carbonyl (C=O) groups excluding carboxylic acids is 3. The van der Waals surface area contributed by atoms with E-state index in [-0.39, 0.29) is 23.3 Å². The summed E-state index contributed by atoms with van der Waals surface area (Å²) in [6, 6.07) is 22.2. The summed E-state index contributed by atoms with van der Waals surface area (Å²) in [5.74, 6) is -0.821. The molecule has 0 aliphatic heterocycles. The zero-order valence-electron chi connectivity index (χ0n) is 23.7. The smallest absolute Gasteiger partial charge is 0.246 e. The van der Waals surface area contributed by atoms with E-state index < -0.39 is 12.1 Å². The first-order chi connectivity index (χ1) is 19.2. The molecule has 40 heavy (non-hydrogen) atoms. The number of fused-ring (bicyclic) bond motifs is 1. The number of nitrogens with one attached hydrogen (secondary N) is 1. The normalized spacial score (nSPS) is 15.7. The van der Waals surface area contributed by atoms with Crippen LogP contribution >= 0.6 is 0 Å². The van der Waals surface area contributed by atoms with Crippen LogP contribution in [-0.2, 0) is 27.2 Å². The van der Waals surface area contributed by atoms with Gasteiger partial charge in [-0.15, -0.1) is 0 Å². The van der Waals surface area contributed by atoms with Crippen molar-refractivity contribution in [2.45, 2.75) is 56.1 Å². The lowest BCUT2D eigenvalue weighted by atomic mass is 9.75. The number of hydrogen-bond donors (Lipinski definition) is 2. The van der Waals surface area contributed by atoms with Crippen molar-refractivity contribution in [3.8, 4) is 0 Å². The quantitative estimate of drug-likeness (QED) is 0.361. The highest BCUT2D eigenvalue weighted by molar-refractivity contribution is 5.95. The van der Waals surface area contributed by atoms with E-state index in [0.717, 1.165) is 41.2 Å². The molecule has 0 heterocycles. The highest BCUT2D eigenvalue weighted by atomic mass is 16.2. The van der Waals surface area contributed by atoms with Gasteiger partial charge in [-0.3, -0.25) is 14.4 Å². The molecule has 3 aromatic rings. The lowest BCUT2D eigenvalue weighted by Crippen LogP contribution is -2.55. The van der Waals surface area contributed by atoms with Crippen LogP contribution in [0.3, 0.4) is 0 Å². The minimum atomic E-state index is -0.804. The molecule has 210 valence electrons. The Morgan fingerprint density at radius 1 is 0.875 bits per heavy atom. The molecule has 3 amide bonds. The third-order valence-corrected chi connectivity index (χ3v) is 8.11. The van der Waals surface area contributed by atoms with E-state index in [1.165, 1.54) is 15.9 Å². The number of carbonyl (C=O) groups is 3. The van der Waals surface area contributed by atoms with Gasteiger partial charge in [0.25, 0.3) is 0 Å². The minimum Gasteiger partial charge on any atom is -0.357 e. The van der Waals surface area contributed by atoms with E-state index in [4.69, 9.17) is 5.73 Å². The SMILES string of the molecule is CNC(=O)C(Cc1ccccc1)N(C)C(=O)C(Cc1ccc2ccccc2c1)N(C)C(=O)/C=C/CC1(N)CCC1. The summed E-state index contributed by atoms with van der Waals surface area (Å²) in [6.45, 7) is 0. The number of amides is 3. The average molecular weight is 541 g/mol. The van der Waals surface area contributed by atoms with Crippen molar-refractivity contribution in [2.75, 3.05) is 21.1 Å². The maximum absolute atomic E-state index is 14.1. The lowest BCUT2D eigenvalue weighted by Gasteiger charge is -2.37. The molecule has 0 aromatic heterocycles. The van der Waals surface area contributed by atoms with Crippen LogP contribution in [-0.4, -0.2) is 66.3 Å². The maximum Gasteiger partial charge on any atom is 0.246 e. The third kappa shape index (κ3) is 6.96. The number of benzene rings is 3. The number of rotatable bonds is 11. The average Bonchev–Trinajstić information content (AvgIpc) is 2.96. The molecule has 1 aliphatic rings. The molecule has 0 bridgehead atoms. The first kappa shape index (κ1) is 29.0. The highest BCUT2D eigenvalue weighted by Crippen LogP contribution is 2.32. The van der Waals surface area contributed by atoms with Gasteiger partial charge in [0.15, 0.2) is 0 Å². The Morgan fingerprint density at radius 3 is 2.17 bits per heavy atom. The van der Waals surface area contributed by atoms with Gasteiger partial charge in [0.1, 0.15) is 12.1 Å². The second-order valence-corrected chi connectivity index (χ2v) is 10.9. The molecule has 0 spiro atoms. The number of nitrogens with two attached hydrogens (primary N) is 1. The fourth-order valence-corrected chi connectivity index (χ4v) is 5.28. The number of nitrogens with zero attached hydrogens (tertiary/aromatic N) is 2. The second-order valence-electron chi connectivity index (χ2n) is 10.9. The topological polar surface area (TPSA) is 95.7 Å². The van der Waals surface area contributed by atoms with Crippen molar-refractivity contribution in [1.29, 1.82) is 0 Å². The van der Waals surface area contributed by atoms with Crippen molar-refractivity contribution < 1.29 is 14.4 Å². The molecule has 1 fully saturated rings. The van der Waals surface area contributed by atoms with Crippen LogP contribution in [0, 0.1) is 0 Å². The van der Waals surface area contributed by atoms with Crippen molar-refractivity contribution in [1.82, 2.24) is 15.1 Å². The van der Waals surface area contributed by atoms with E-state index in [2.05, 4.69) is 11.4 Å². The number of hydrogen-bond acceptors (Lipinski definition) is 4. The largest absolute Gasteiger partial charge is 0.357 e. The number of likely N-dealkylation sites (N-methyl/N-ethyl adjacent to an activating group) is 3. The molecule has 2 unspecified atom stereocenters. The molecule has 7 nitrogen and oxygen atoms in total. The van der Waals surface area contributed by atoms with E-state index in [0.29, 0.717) is 19.3 Å². The van der Waals surface area contributed by atoms with Gasteiger partial charge >= 0.3 is 0 Å². The van der Waals surface area contributed by atoms with Crippen molar-refractivity contribution >= 4 is 28.5 Å². The van der Waals surface area contributed by atoms with Gasteiger partial charge < -0.3 is 20.9 Å². The summed E-state index contributed by atoms with van der Waals surface area (Å²) in [5.41, 5.74) is 7.98. The molecular formula is C33H40N4O3. The van der Waals surface area contributed by atoms with Gasteiger partial charge in [-0.05, 0) is 53.7 Å². The van der Waals surface area contributed by atoms with Crippen molar-refractivity contribution in [3.05, 3.63) is 96.1 Å². The van der Waals surface area contributed by atoms with Crippen LogP contribution in [0.15, 0.2) is 84.9 Å². The Hall–Kier alpha value is -3.97. The van der Waals surface area contributed by atoms with E-state index in [1.54, 1.807) is 21.1 Å². The van der Waals surface area contributed by atoms with Crippen LogP contribution in [0.2, 0.25) is 0 Å². The Labute approximate surface area is 237 Å². The minimum absolute atomic E-state index is 0.228. The molecule has 1 saturated carbocycles.